The summed E-state index contributed by atoms with van der Waals surface area (Å²) in [6, 6.07) is 3.87. The molecule has 1 aromatic carbocycles. The first-order chi connectivity index (χ1) is 8.79. The number of rotatable bonds is 1. The van der Waals surface area contributed by atoms with Gasteiger partial charge in [-0.1, -0.05) is 32.5 Å². The van der Waals surface area contributed by atoms with Gasteiger partial charge in [0.1, 0.15) is 5.75 Å². The van der Waals surface area contributed by atoms with E-state index < -0.39 is 0 Å². The van der Waals surface area contributed by atoms with Crippen molar-refractivity contribution in [1.82, 2.24) is 5.32 Å². The third-order valence-electron chi connectivity index (χ3n) is 3.11. The van der Waals surface area contributed by atoms with Crippen LogP contribution in [0.15, 0.2) is 17.0 Å². The van der Waals surface area contributed by atoms with Gasteiger partial charge in [-0.05, 0) is 41.7 Å². The van der Waals surface area contributed by atoms with Gasteiger partial charge in [-0.3, -0.25) is 4.79 Å². The van der Waals surface area contributed by atoms with Gasteiger partial charge in [-0.15, -0.1) is 0 Å². The SMILES string of the molecule is Cc1cc(/C=C2\SCNC2=O)cc(C(C)(C)C)c1O. The minimum Gasteiger partial charge on any atom is -0.507 e. The summed E-state index contributed by atoms with van der Waals surface area (Å²) in [4.78, 5) is 12.3. The fourth-order valence-electron chi connectivity index (χ4n) is 2.05. The molecule has 0 spiro atoms. The van der Waals surface area contributed by atoms with E-state index in [1.807, 2.05) is 25.1 Å². The Morgan fingerprint density at radius 3 is 2.58 bits per heavy atom. The highest BCUT2D eigenvalue weighted by molar-refractivity contribution is 8.04. The molecule has 0 atom stereocenters. The fraction of sp³-hybridized carbons (Fsp3) is 0.400. The molecule has 2 N–H and O–H groups in total. The Hall–Kier alpha value is -1.42. The number of carbonyl (C=O) groups is 1. The number of carbonyl (C=O) groups excluding carboxylic acids is 1. The van der Waals surface area contributed by atoms with E-state index in [1.54, 1.807) is 0 Å². The van der Waals surface area contributed by atoms with E-state index >= 15 is 0 Å². The quantitative estimate of drug-likeness (QED) is 0.775. The van der Waals surface area contributed by atoms with Crippen molar-refractivity contribution in [1.29, 1.82) is 0 Å². The zero-order chi connectivity index (χ0) is 14.2. The average molecular weight is 277 g/mol. The van der Waals surface area contributed by atoms with Gasteiger partial charge < -0.3 is 10.4 Å². The first kappa shape index (κ1) is 14.0. The number of phenols is 1. The second-order valence-electron chi connectivity index (χ2n) is 5.79. The molecular formula is C15H19NO2S. The van der Waals surface area contributed by atoms with Gasteiger partial charge in [-0.25, -0.2) is 0 Å². The lowest BCUT2D eigenvalue weighted by atomic mass is 9.84. The summed E-state index contributed by atoms with van der Waals surface area (Å²) in [5.74, 6) is 0.958. The van der Waals surface area contributed by atoms with Crippen LogP contribution in [-0.4, -0.2) is 16.9 Å². The monoisotopic (exact) mass is 277 g/mol. The molecule has 0 saturated carbocycles. The summed E-state index contributed by atoms with van der Waals surface area (Å²) in [5.41, 5.74) is 2.57. The van der Waals surface area contributed by atoms with Crippen molar-refractivity contribution in [2.45, 2.75) is 33.1 Å². The number of aromatic hydroxyl groups is 1. The van der Waals surface area contributed by atoms with Crippen LogP contribution < -0.4 is 5.32 Å². The number of phenolic OH excluding ortho intramolecular Hbond substituents is 1. The lowest BCUT2D eigenvalue weighted by Gasteiger charge is -2.22. The minimum absolute atomic E-state index is 0.0203. The summed E-state index contributed by atoms with van der Waals surface area (Å²) < 4.78 is 0. The summed E-state index contributed by atoms with van der Waals surface area (Å²) in [6.45, 7) is 8.08. The van der Waals surface area contributed by atoms with Gasteiger partial charge in [-0.2, -0.15) is 0 Å². The van der Waals surface area contributed by atoms with E-state index in [0.717, 1.165) is 21.6 Å². The highest BCUT2D eigenvalue weighted by Gasteiger charge is 2.21. The smallest absolute Gasteiger partial charge is 0.258 e. The van der Waals surface area contributed by atoms with E-state index in [-0.39, 0.29) is 11.3 Å². The second-order valence-corrected chi connectivity index (χ2v) is 6.80. The highest BCUT2D eigenvalue weighted by Crippen LogP contribution is 2.35. The zero-order valence-corrected chi connectivity index (χ0v) is 12.5. The molecule has 19 heavy (non-hydrogen) atoms. The highest BCUT2D eigenvalue weighted by atomic mass is 32.2. The van der Waals surface area contributed by atoms with Crippen LogP contribution in [0.3, 0.4) is 0 Å². The van der Waals surface area contributed by atoms with Gasteiger partial charge in [0.15, 0.2) is 0 Å². The molecule has 1 saturated heterocycles. The van der Waals surface area contributed by atoms with Crippen molar-refractivity contribution in [3.63, 3.8) is 0 Å². The molecule has 1 aromatic rings. The average Bonchev–Trinajstić information content (AvgIpc) is 2.68. The molecule has 1 aliphatic rings. The number of nitrogens with one attached hydrogen (secondary N) is 1. The van der Waals surface area contributed by atoms with Crippen LogP contribution in [-0.2, 0) is 10.2 Å². The van der Waals surface area contributed by atoms with Crippen LogP contribution >= 0.6 is 11.8 Å². The molecule has 1 fully saturated rings. The standard InChI is InChI=1S/C15H19NO2S/c1-9-5-10(7-12-14(18)16-8-19-12)6-11(13(9)17)15(2,3)4/h5-7,17H,8H2,1-4H3,(H,16,18)/b12-7-. The van der Waals surface area contributed by atoms with E-state index in [2.05, 4.69) is 26.1 Å². The Morgan fingerprint density at radius 1 is 1.37 bits per heavy atom. The van der Waals surface area contributed by atoms with Gasteiger partial charge in [0.05, 0.1) is 10.8 Å². The molecule has 1 amide bonds. The molecule has 2 rings (SSSR count). The van der Waals surface area contributed by atoms with E-state index in [4.69, 9.17) is 0 Å². The number of hydrogen-bond acceptors (Lipinski definition) is 3. The van der Waals surface area contributed by atoms with Gasteiger partial charge in [0, 0.05) is 5.56 Å². The predicted octanol–water partition coefficient (Wildman–Crippen LogP) is 3.16. The van der Waals surface area contributed by atoms with Crippen LogP contribution in [0.25, 0.3) is 6.08 Å². The van der Waals surface area contributed by atoms with Crippen molar-refractivity contribution in [2.75, 3.05) is 5.88 Å². The Balaban J connectivity index is 2.49. The summed E-state index contributed by atoms with van der Waals surface area (Å²) in [5, 5.41) is 12.9. The lowest BCUT2D eigenvalue weighted by Crippen LogP contribution is -2.14. The van der Waals surface area contributed by atoms with Crippen molar-refractivity contribution in [3.8, 4) is 5.75 Å². The largest absolute Gasteiger partial charge is 0.507 e. The summed E-state index contributed by atoms with van der Waals surface area (Å²) in [6.07, 6.45) is 1.88. The molecule has 0 bridgehead atoms. The van der Waals surface area contributed by atoms with Crippen LogP contribution in [0.5, 0.6) is 5.75 Å². The zero-order valence-electron chi connectivity index (χ0n) is 11.7. The topological polar surface area (TPSA) is 49.3 Å². The van der Waals surface area contributed by atoms with Crippen molar-refractivity contribution >= 4 is 23.7 Å². The summed E-state index contributed by atoms with van der Waals surface area (Å²) in [7, 11) is 0. The third kappa shape index (κ3) is 2.95. The Kier molecular flexibility index (Phi) is 3.63. The number of amides is 1. The lowest BCUT2D eigenvalue weighted by molar-refractivity contribution is -0.116. The van der Waals surface area contributed by atoms with Gasteiger partial charge in [0.2, 0.25) is 0 Å². The maximum absolute atomic E-state index is 11.6. The fourth-order valence-corrected chi connectivity index (χ4v) is 2.83. The van der Waals surface area contributed by atoms with Crippen molar-refractivity contribution < 1.29 is 9.90 Å². The number of thioether (sulfide) groups is 1. The van der Waals surface area contributed by atoms with Gasteiger partial charge in [0.25, 0.3) is 5.91 Å². The summed E-state index contributed by atoms with van der Waals surface area (Å²) >= 11 is 1.51. The second kappa shape index (κ2) is 4.93. The van der Waals surface area contributed by atoms with E-state index in [0.29, 0.717) is 11.6 Å². The molecular weight excluding hydrogens is 258 g/mol. The molecule has 0 radical (unpaired) electrons. The Bertz CT molecular complexity index is 556. The van der Waals surface area contributed by atoms with Crippen molar-refractivity contribution in [2.24, 2.45) is 0 Å². The van der Waals surface area contributed by atoms with Crippen LogP contribution in [0, 0.1) is 6.92 Å². The molecule has 3 nitrogen and oxygen atoms in total. The van der Waals surface area contributed by atoms with Crippen LogP contribution in [0.2, 0.25) is 0 Å². The number of benzene rings is 1. The molecule has 0 unspecified atom stereocenters. The molecule has 1 aliphatic heterocycles. The molecule has 0 aromatic heterocycles. The minimum atomic E-state index is -0.131. The number of hydrogen-bond donors (Lipinski definition) is 2. The molecule has 1 heterocycles. The number of aryl methyl sites for hydroxylation is 1. The van der Waals surface area contributed by atoms with Crippen LogP contribution in [0.1, 0.15) is 37.5 Å². The van der Waals surface area contributed by atoms with E-state index in [9.17, 15) is 9.90 Å². The maximum Gasteiger partial charge on any atom is 0.258 e. The Labute approximate surface area is 118 Å². The Morgan fingerprint density at radius 2 is 2.05 bits per heavy atom. The van der Waals surface area contributed by atoms with E-state index in [1.165, 1.54) is 11.8 Å². The molecule has 0 aliphatic carbocycles. The normalized spacial score (nSPS) is 17.9. The first-order valence-electron chi connectivity index (χ1n) is 6.26. The molecule has 102 valence electrons. The first-order valence-corrected chi connectivity index (χ1v) is 7.24. The van der Waals surface area contributed by atoms with Gasteiger partial charge >= 0.3 is 0 Å². The third-order valence-corrected chi connectivity index (χ3v) is 4.02. The predicted molar refractivity (Wildman–Crippen MR) is 80.1 cm³/mol. The maximum atomic E-state index is 11.6. The van der Waals surface area contributed by atoms with Crippen molar-refractivity contribution in [3.05, 3.63) is 33.7 Å². The molecule has 4 heteroatoms. The van der Waals surface area contributed by atoms with Crippen LogP contribution in [0.4, 0.5) is 0 Å².